The normalized spacial score (nSPS) is 8.00. The Balaban J connectivity index is -0.000000309. The number of thiol groups is 2. The number of rotatable bonds is 7. The number of carbonyl (C=O) groups excluding carboxylic acids is 4. The Morgan fingerprint density at radius 3 is 1.21 bits per heavy atom. The van der Waals surface area contributed by atoms with Crippen molar-refractivity contribution >= 4 is 49.1 Å². The minimum atomic E-state index is -0.430. The quantitative estimate of drug-likeness (QED) is 0.217. The molecule has 0 atom stereocenters. The predicted octanol–water partition coefficient (Wildman–Crippen LogP) is 0.623. The lowest BCUT2D eigenvalue weighted by Gasteiger charge is -2.03. The van der Waals surface area contributed by atoms with Crippen LogP contribution in [0.5, 0.6) is 0 Å². The molecular formula is C14H22O8S2. The summed E-state index contributed by atoms with van der Waals surface area (Å²) < 4.78 is 17.4. The summed E-state index contributed by atoms with van der Waals surface area (Å²) in [5, 5.41) is 0. The van der Waals surface area contributed by atoms with Gasteiger partial charge in [-0.2, -0.15) is 25.3 Å². The molecular weight excluding hydrogens is 360 g/mol. The molecule has 0 saturated heterocycles. The van der Waals surface area contributed by atoms with Gasteiger partial charge in [0.2, 0.25) is 0 Å². The van der Waals surface area contributed by atoms with Crippen molar-refractivity contribution in [2.24, 2.45) is 0 Å². The van der Waals surface area contributed by atoms with Crippen LogP contribution < -0.4 is 0 Å². The van der Waals surface area contributed by atoms with Crippen LogP contribution in [0.15, 0.2) is 25.3 Å². The van der Waals surface area contributed by atoms with Crippen molar-refractivity contribution in [3.63, 3.8) is 0 Å². The van der Waals surface area contributed by atoms with Crippen molar-refractivity contribution in [2.75, 3.05) is 38.9 Å². The standard InChI is InChI=1S/C6H10O4S2.2C4H6O2/c7-5(3-11)9-1-2-10-6(8)4-12;2*1-3-4(5)6-2/h11-12H,1-4H2;2*3H,1H2,2H3. The molecule has 24 heavy (non-hydrogen) atoms. The van der Waals surface area contributed by atoms with Crippen molar-refractivity contribution in [1.29, 1.82) is 0 Å². The van der Waals surface area contributed by atoms with Crippen LogP contribution in [0, 0.1) is 0 Å². The number of esters is 4. The van der Waals surface area contributed by atoms with E-state index in [1.54, 1.807) is 0 Å². The van der Waals surface area contributed by atoms with Crippen LogP contribution in [0.3, 0.4) is 0 Å². The maximum Gasteiger partial charge on any atom is 0.329 e. The van der Waals surface area contributed by atoms with Crippen LogP contribution in [0.4, 0.5) is 0 Å². The topological polar surface area (TPSA) is 105 Å². The molecule has 0 aliphatic carbocycles. The van der Waals surface area contributed by atoms with Gasteiger partial charge in [-0.25, -0.2) is 9.59 Å². The number of methoxy groups -OCH3 is 2. The van der Waals surface area contributed by atoms with Crippen molar-refractivity contribution in [1.82, 2.24) is 0 Å². The zero-order chi connectivity index (χ0) is 19.4. The van der Waals surface area contributed by atoms with Gasteiger partial charge in [0.15, 0.2) is 0 Å². The van der Waals surface area contributed by atoms with Crippen molar-refractivity contribution in [3.8, 4) is 0 Å². The molecule has 0 N–H and O–H groups in total. The summed E-state index contributed by atoms with van der Waals surface area (Å²) in [5.74, 6) is -1.59. The maximum absolute atomic E-state index is 10.5. The van der Waals surface area contributed by atoms with Crippen molar-refractivity contribution < 1.29 is 38.1 Å². The Kier molecular flexibility index (Phi) is 23.6. The molecule has 0 aliphatic heterocycles. The average molecular weight is 382 g/mol. The van der Waals surface area contributed by atoms with Gasteiger partial charge in [-0.15, -0.1) is 0 Å². The fraction of sp³-hybridized carbons (Fsp3) is 0.429. The first-order valence-corrected chi connectivity index (χ1v) is 7.53. The van der Waals surface area contributed by atoms with Gasteiger partial charge in [-0.1, -0.05) is 13.2 Å². The van der Waals surface area contributed by atoms with E-state index in [1.807, 2.05) is 0 Å². The number of ether oxygens (including phenoxy) is 4. The first-order chi connectivity index (χ1) is 11.3. The largest absolute Gasteiger partial charge is 0.466 e. The molecule has 8 nitrogen and oxygen atoms in total. The minimum absolute atomic E-state index is 0.0283. The second kappa shape index (κ2) is 21.1. The first kappa shape index (κ1) is 26.9. The van der Waals surface area contributed by atoms with E-state index in [9.17, 15) is 19.2 Å². The molecule has 0 aromatic heterocycles. The van der Waals surface area contributed by atoms with Gasteiger partial charge >= 0.3 is 23.9 Å². The molecule has 10 heteroatoms. The Morgan fingerprint density at radius 1 is 0.792 bits per heavy atom. The Bertz CT molecular complexity index is 372. The summed E-state index contributed by atoms with van der Waals surface area (Å²) in [7, 11) is 2.62. The molecule has 0 aromatic rings. The van der Waals surface area contributed by atoms with Crippen molar-refractivity contribution in [2.45, 2.75) is 0 Å². The van der Waals surface area contributed by atoms with Crippen LogP contribution in [0.1, 0.15) is 0 Å². The lowest BCUT2D eigenvalue weighted by molar-refractivity contribution is -0.148. The van der Waals surface area contributed by atoms with E-state index >= 15 is 0 Å². The summed E-state index contributed by atoms with van der Waals surface area (Å²) in [6.45, 7) is 6.45. The third kappa shape index (κ3) is 25.0. The third-order valence-corrected chi connectivity index (χ3v) is 2.12. The lowest BCUT2D eigenvalue weighted by Crippen LogP contribution is -2.14. The van der Waals surface area contributed by atoms with E-state index in [0.717, 1.165) is 12.2 Å². The Hall–Kier alpha value is -1.94. The van der Waals surface area contributed by atoms with E-state index in [1.165, 1.54) is 14.2 Å². The highest BCUT2D eigenvalue weighted by molar-refractivity contribution is 7.81. The van der Waals surface area contributed by atoms with Gasteiger partial charge in [0.1, 0.15) is 13.2 Å². The summed E-state index contributed by atoms with van der Waals surface area (Å²) >= 11 is 7.36. The molecule has 0 aliphatic rings. The molecule has 0 saturated carbocycles. The van der Waals surface area contributed by atoms with Gasteiger partial charge in [0.25, 0.3) is 0 Å². The molecule has 0 radical (unpaired) electrons. The SMILES string of the molecule is C=CC(=O)OC.C=CC(=O)OC.O=C(CS)OCCOC(=O)CS. The summed E-state index contributed by atoms with van der Waals surface area (Å²) in [6, 6.07) is 0. The highest BCUT2D eigenvalue weighted by Crippen LogP contribution is 1.85. The fourth-order valence-electron chi connectivity index (χ4n) is 0.569. The number of hydrogen-bond acceptors (Lipinski definition) is 10. The van der Waals surface area contributed by atoms with Gasteiger partial charge in [-0.3, -0.25) is 9.59 Å². The monoisotopic (exact) mass is 382 g/mol. The average Bonchev–Trinajstić information content (AvgIpc) is 2.63. The van der Waals surface area contributed by atoms with Gasteiger partial charge in [-0.05, 0) is 0 Å². The Morgan fingerprint density at radius 2 is 1.08 bits per heavy atom. The molecule has 138 valence electrons. The molecule has 0 heterocycles. The molecule has 0 bridgehead atoms. The van der Waals surface area contributed by atoms with Crippen LogP contribution in [-0.4, -0.2) is 62.8 Å². The van der Waals surface area contributed by atoms with Gasteiger partial charge in [0.05, 0.1) is 25.7 Å². The molecule has 0 spiro atoms. The second-order valence-electron chi connectivity index (χ2n) is 3.21. The fourth-order valence-corrected chi connectivity index (χ4v) is 0.752. The van der Waals surface area contributed by atoms with E-state index < -0.39 is 23.9 Å². The van der Waals surface area contributed by atoms with Crippen molar-refractivity contribution in [3.05, 3.63) is 25.3 Å². The molecule has 0 unspecified atom stereocenters. The van der Waals surface area contributed by atoms with E-state index in [4.69, 9.17) is 0 Å². The van der Waals surface area contributed by atoms with E-state index in [-0.39, 0.29) is 24.7 Å². The zero-order valence-electron chi connectivity index (χ0n) is 13.6. The van der Waals surface area contributed by atoms with Crippen LogP contribution >= 0.6 is 25.3 Å². The maximum atomic E-state index is 10.5. The Labute approximate surface area is 152 Å². The van der Waals surface area contributed by atoms with Crippen LogP contribution in [0.2, 0.25) is 0 Å². The van der Waals surface area contributed by atoms with E-state index in [0.29, 0.717) is 0 Å². The summed E-state index contributed by atoms with van der Waals surface area (Å²) in [6.07, 6.45) is 2.22. The summed E-state index contributed by atoms with van der Waals surface area (Å²) in [5.41, 5.74) is 0. The highest BCUT2D eigenvalue weighted by atomic mass is 32.1. The lowest BCUT2D eigenvalue weighted by atomic mass is 10.7. The van der Waals surface area contributed by atoms with Crippen LogP contribution in [-0.2, 0) is 38.1 Å². The molecule has 0 rings (SSSR count). The predicted molar refractivity (Wildman–Crippen MR) is 94.1 cm³/mol. The minimum Gasteiger partial charge on any atom is -0.466 e. The smallest absolute Gasteiger partial charge is 0.329 e. The van der Waals surface area contributed by atoms with E-state index in [2.05, 4.69) is 57.4 Å². The number of hydrogen-bond donors (Lipinski definition) is 2. The van der Waals surface area contributed by atoms with Crippen LogP contribution in [0.25, 0.3) is 0 Å². The molecule has 0 fully saturated rings. The summed E-state index contributed by atoms with van der Waals surface area (Å²) in [4.78, 5) is 40.6. The zero-order valence-corrected chi connectivity index (χ0v) is 15.3. The van der Waals surface area contributed by atoms with Gasteiger partial charge in [0, 0.05) is 12.2 Å². The highest BCUT2D eigenvalue weighted by Gasteiger charge is 2.00. The molecule has 0 amide bonds. The molecule has 0 aromatic carbocycles. The second-order valence-corrected chi connectivity index (χ2v) is 3.84. The van der Waals surface area contributed by atoms with Gasteiger partial charge < -0.3 is 18.9 Å². The third-order valence-electron chi connectivity index (χ3n) is 1.60. The number of carbonyl (C=O) groups is 4. The first-order valence-electron chi connectivity index (χ1n) is 6.26.